The van der Waals surface area contributed by atoms with E-state index in [2.05, 4.69) is 29.6 Å². The molecule has 8 heteroatoms. The minimum Gasteiger partial charge on any atom is -0.741 e. The fourth-order valence-electron chi connectivity index (χ4n) is 1.34. The number of nitrogens with two attached hydrogens (primary N) is 1. The lowest BCUT2D eigenvalue weighted by Crippen LogP contribution is -2.75. The topological polar surface area (TPSA) is 73.8 Å². The highest BCUT2D eigenvalue weighted by Gasteiger charge is 2.36. The van der Waals surface area contributed by atoms with Gasteiger partial charge in [-0.3, -0.25) is 0 Å². The van der Waals surface area contributed by atoms with E-state index in [1.807, 2.05) is 0 Å². The Labute approximate surface area is 96.2 Å². The number of quaternary nitrogens is 1. The van der Waals surface area contributed by atoms with Crippen LogP contribution in [0.15, 0.2) is 24.3 Å². The largest absolute Gasteiger partial charge is 0.741 e. The zero-order valence-corrected chi connectivity index (χ0v) is 9.38. The van der Waals surface area contributed by atoms with E-state index < -0.39 is 15.6 Å². The Morgan fingerprint density at radius 2 is 1.76 bits per heavy atom. The lowest BCUT2D eigenvalue weighted by molar-refractivity contribution is -0.561. The van der Waals surface area contributed by atoms with Gasteiger partial charge in [0.25, 0.3) is 0 Å². The Hall–Kier alpha value is -1.12. The molecule has 0 aliphatic carbocycles. The van der Waals surface area contributed by atoms with Crippen molar-refractivity contribution in [3.05, 3.63) is 29.8 Å². The minimum absolute atomic E-state index is 1.24. The van der Waals surface area contributed by atoms with Gasteiger partial charge in [0.2, 0.25) is 0 Å². The second kappa shape index (κ2) is 5.03. The molecule has 0 fully saturated rings. The average Bonchev–Trinajstić information content (AvgIpc) is 2.62. The van der Waals surface area contributed by atoms with Gasteiger partial charge >= 0.3 is 5.51 Å². The van der Waals surface area contributed by atoms with E-state index in [9.17, 15) is 13.2 Å². The molecule has 0 atom stereocenters. The van der Waals surface area contributed by atoms with Crippen molar-refractivity contribution in [2.45, 2.75) is 11.9 Å². The highest BCUT2D eigenvalue weighted by molar-refractivity contribution is 7.86. The van der Waals surface area contributed by atoms with Gasteiger partial charge in [-0.25, -0.2) is 8.42 Å². The van der Waals surface area contributed by atoms with Gasteiger partial charge in [0, 0.05) is 12.0 Å². The van der Waals surface area contributed by atoms with Crippen molar-refractivity contribution in [2.24, 2.45) is 0 Å². The van der Waals surface area contributed by atoms with Crippen LogP contribution in [0.3, 0.4) is 0 Å². The van der Waals surface area contributed by atoms with E-state index in [1.54, 1.807) is 0 Å². The highest BCUT2D eigenvalue weighted by Crippen LogP contribution is 2.20. The lowest BCUT2D eigenvalue weighted by Gasteiger charge is -2.08. The summed E-state index contributed by atoms with van der Waals surface area (Å²) in [7, 11) is -6.09. The first-order valence-electron chi connectivity index (χ1n) is 4.65. The normalized spacial score (nSPS) is 14.8. The Kier molecular flexibility index (Phi) is 4.12. The van der Waals surface area contributed by atoms with Crippen LogP contribution in [0.1, 0.15) is 5.56 Å². The molecule has 2 rings (SSSR count). The maximum Gasteiger partial charge on any atom is 0.485 e. The second-order valence-corrected chi connectivity index (χ2v) is 4.71. The summed E-state index contributed by atoms with van der Waals surface area (Å²) in [5, 5.41) is 2.30. The van der Waals surface area contributed by atoms with Gasteiger partial charge in [0.15, 0.2) is 10.1 Å². The molecular weight excluding hydrogens is 259 g/mol. The molecule has 0 amide bonds. The maximum atomic E-state index is 10.7. The summed E-state index contributed by atoms with van der Waals surface area (Å²) < 4.78 is 58.9. The molecule has 2 N–H and O–H groups in total. The van der Waals surface area contributed by atoms with Gasteiger partial charge in [-0.1, -0.05) is 18.2 Å². The van der Waals surface area contributed by atoms with Gasteiger partial charge in [-0.05, 0) is 6.07 Å². The fraction of sp³-hybridized carbons (Fsp3) is 0.333. The molecule has 0 saturated heterocycles. The van der Waals surface area contributed by atoms with Crippen LogP contribution in [0.4, 0.5) is 18.9 Å². The zero-order valence-electron chi connectivity index (χ0n) is 8.57. The molecule has 0 unspecified atom stereocenters. The fourth-order valence-corrected chi connectivity index (χ4v) is 1.34. The third kappa shape index (κ3) is 3.99. The number of para-hydroxylation sites is 1. The SMILES string of the molecule is O=S(=O)([O-])C(F)(F)F.c1ccc2c(c1)CC[NH2+]2. The van der Waals surface area contributed by atoms with E-state index in [4.69, 9.17) is 13.0 Å². The van der Waals surface area contributed by atoms with Gasteiger partial charge in [0.1, 0.15) is 5.69 Å². The predicted octanol–water partition coefficient (Wildman–Crippen LogP) is 0.489. The Balaban J connectivity index is 0.000000172. The number of benzene rings is 1. The van der Waals surface area contributed by atoms with Crippen molar-refractivity contribution in [3.8, 4) is 0 Å². The third-order valence-corrected chi connectivity index (χ3v) is 2.68. The Morgan fingerprint density at radius 1 is 1.24 bits per heavy atom. The zero-order chi connectivity index (χ0) is 13.1. The average molecular weight is 269 g/mol. The quantitative estimate of drug-likeness (QED) is 0.423. The summed E-state index contributed by atoms with van der Waals surface area (Å²) in [5.41, 5.74) is -2.69. The van der Waals surface area contributed by atoms with Crippen LogP contribution >= 0.6 is 0 Å². The molecular formula is C9H10F3NO3S. The molecule has 96 valence electrons. The summed E-state index contributed by atoms with van der Waals surface area (Å²) in [6, 6.07) is 8.60. The molecule has 1 aromatic rings. The molecule has 0 aromatic heterocycles. The molecule has 0 radical (unpaired) electrons. The van der Waals surface area contributed by atoms with Crippen molar-refractivity contribution in [1.29, 1.82) is 0 Å². The van der Waals surface area contributed by atoms with Crippen molar-refractivity contribution in [3.63, 3.8) is 0 Å². The van der Waals surface area contributed by atoms with Crippen LogP contribution < -0.4 is 5.32 Å². The Morgan fingerprint density at radius 3 is 2.24 bits per heavy atom. The van der Waals surface area contributed by atoms with Crippen LogP contribution in [0.2, 0.25) is 0 Å². The number of rotatable bonds is 0. The van der Waals surface area contributed by atoms with Gasteiger partial charge in [-0.15, -0.1) is 0 Å². The molecule has 1 aromatic carbocycles. The van der Waals surface area contributed by atoms with Crippen molar-refractivity contribution in [1.82, 2.24) is 0 Å². The summed E-state index contributed by atoms with van der Waals surface area (Å²) >= 11 is 0. The predicted molar refractivity (Wildman–Crippen MR) is 52.4 cm³/mol. The number of fused-ring (bicyclic) bond motifs is 1. The summed E-state index contributed by atoms with van der Waals surface area (Å²) in [6.45, 7) is 1.24. The van der Waals surface area contributed by atoms with E-state index >= 15 is 0 Å². The first kappa shape index (κ1) is 13.9. The molecule has 1 aliphatic heterocycles. The number of hydrogen-bond donors (Lipinski definition) is 1. The van der Waals surface area contributed by atoms with Crippen molar-refractivity contribution >= 4 is 15.8 Å². The summed E-state index contributed by atoms with van der Waals surface area (Å²) in [5.74, 6) is 0. The molecule has 1 aliphatic rings. The molecule has 0 spiro atoms. The second-order valence-electron chi connectivity index (χ2n) is 3.34. The number of alkyl halides is 3. The monoisotopic (exact) mass is 269 g/mol. The van der Waals surface area contributed by atoms with Crippen molar-refractivity contribution in [2.75, 3.05) is 6.54 Å². The number of halogens is 3. The summed E-state index contributed by atoms with van der Waals surface area (Å²) in [4.78, 5) is 0. The van der Waals surface area contributed by atoms with Crippen LogP contribution in [-0.4, -0.2) is 25.0 Å². The Bertz CT molecular complexity index is 462. The first-order valence-corrected chi connectivity index (χ1v) is 6.06. The first-order chi connectivity index (χ1) is 7.72. The van der Waals surface area contributed by atoms with E-state index in [1.165, 1.54) is 24.2 Å². The smallest absolute Gasteiger partial charge is 0.485 e. The standard InChI is InChI=1S/C8H9N.CHF3O3S/c1-2-4-8-7(3-1)5-6-9-8;2-1(3,4)8(5,6)7/h1-4,9H,5-6H2;(H,5,6,7). The maximum absolute atomic E-state index is 10.7. The molecule has 0 bridgehead atoms. The van der Waals surface area contributed by atoms with Gasteiger partial charge in [0.05, 0.1) is 6.54 Å². The van der Waals surface area contributed by atoms with E-state index in [-0.39, 0.29) is 0 Å². The van der Waals surface area contributed by atoms with Crippen LogP contribution in [0.25, 0.3) is 0 Å². The highest BCUT2D eigenvalue weighted by atomic mass is 32.2. The molecule has 17 heavy (non-hydrogen) atoms. The van der Waals surface area contributed by atoms with Gasteiger partial charge in [-0.2, -0.15) is 13.2 Å². The number of hydrogen-bond acceptors (Lipinski definition) is 3. The molecule has 4 nitrogen and oxygen atoms in total. The molecule has 0 saturated carbocycles. The summed E-state index contributed by atoms with van der Waals surface area (Å²) in [6.07, 6.45) is 1.25. The van der Waals surface area contributed by atoms with Crippen LogP contribution in [0.5, 0.6) is 0 Å². The van der Waals surface area contributed by atoms with E-state index in [0.717, 1.165) is 0 Å². The third-order valence-electron chi connectivity index (χ3n) is 2.12. The lowest BCUT2D eigenvalue weighted by atomic mass is 10.2. The van der Waals surface area contributed by atoms with Crippen LogP contribution in [-0.2, 0) is 16.5 Å². The van der Waals surface area contributed by atoms with Crippen molar-refractivity contribution < 1.29 is 31.5 Å². The molecule has 1 heterocycles. The minimum atomic E-state index is -6.09. The van der Waals surface area contributed by atoms with E-state index in [0.29, 0.717) is 0 Å². The van der Waals surface area contributed by atoms with Crippen LogP contribution in [0, 0.1) is 0 Å². The van der Waals surface area contributed by atoms with Gasteiger partial charge < -0.3 is 9.87 Å².